The van der Waals surface area contributed by atoms with Crippen LogP contribution in [-0.4, -0.2) is 53.6 Å². The summed E-state index contributed by atoms with van der Waals surface area (Å²) in [5.41, 5.74) is -1.48. The number of rotatable bonds is 1. The van der Waals surface area contributed by atoms with Gasteiger partial charge in [0.05, 0.1) is 5.56 Å². The average Bonchev–Trinajstić information content (AvgIpc) is 2.52. The molecule has 1 aromatic rings. The molecular formula is C17H21F3N2O3. The molecule has 1 aliphatic heterocycles. The van der Waals surface area contributed by atoms with Gasteiger partial charge in [-0.1, -0.05) is 6.07 Å². The number of halogens is 3. The highest BCUT2D eigenvalue weighted by molar-refractivity contribution is 5.94. The maximum absolute atomic E-state index is 12.8. The van der Waals surface area contributed by atoms with Gasteiger partial charge in [0, 0.05) is 31.7 Å². The minimum atomic E-state index is -4.49. The van der Waals surface area contributed by atoms with Crippen LogP contribution in [0.4, 0.5) is 18.0 Å². The first-order valence-electron chi connectivity index (χ1n) is 7.92. The van der Waals surface area contributed by atoms with E-state index < -0.39 is 29.3 Å². The van der Waals surface area contributed by atoms with Gasteiger partial charge >= 0.3 is 12.3 Å². The lowest BCUT2D eigenvalue weighted by Crippen LogP contribution is -2.51. The molecule has 0 aromatic heterocycles. The third-order valence-corrected chi connectivity index (χ3v) is 3.66. The number of ether oxygens (including phenoxy) is 1. The lowest BCUT2D eigenvalue weighted by molar-refractivity contribution is -0.137. The fraction of sp³-hybridized carbons (Fsp3) is 0.529. The van der Waals surface area contributed by atoms with Crippen molar-refractivity contribution < 1.29 is 27.5 Å². The van der Waals surface area contributed by atoms with Gasteiger partial charge in [0.1, 0.15) is 5.60 Å². The Morgan fingerprint density at radius 3 is 2.08 bits per heavy atom. The van der Waals surface area contributed by atoms with Crippen LogP contribution in [0, 0.1) is 0 Å². The highest BCUT2D eigenvalue weighted by Gasteiger charge is 2.32. The summed E-state index contributed by atoms with van der Waals surface area (Å²) in [5, 5.41) is 0. The number of benzene rings is 1. The lowest BCUT2D eigenvalue weighted by Gasteiger charge is -2.35. The quantitative estimate of drug-likeness (QED) is 0.773. The second-order valence-corrected chi connectivity index (χ2v) is 6.84. The third kappa shape index (κ3) is 5.11. The van der Waals surface area contributed by atoms with Crippen molar-refractivity contribution in [1.82, 2.24) is 9.80 Å². The molecule has 2 rings (SSSR count). The number of carbonyl (C=O) groups is 2. The van der Waals surface area contributed by atoms with E-state index in [1.54, 1.807) is 20.8 Å². The van der Waals surface area contributed by atoms with Crippen molar-refractivity contribution in [2.75, 3.05) is 26.2 Å². The summed E-state index contributed by atoms with van der Waals surface area (Å²) in [6.45, 7) is 6.33. The molecule has 1 heterocycles. The second kappa shape index (κ2) is 6.93. The zero-order valence-corrected chi connectivity index (χ0v) is 14.4. The summed E-state index contributed by atoms with van der Waals surface area (Å²) in [5.74, 6) is -0.477. The van der Waals surface area contributed by atoms with Crippen molar-refractivity contribution in [1.29, 1.82) is 0 Å². The molecule has 1 saturated heterocycles. The minimum Gasteiger partial charge on any atom is -0.444 e. The van der Waals surface area contributed by atoms with E-state index in [1.807, 2.05) is 0 Å². The first-order valence-corrected chi connectivity index (χ1v) is 7.92. The lowest BCUT2D eigenvalue weighted by atomic mass is 10.1. The largest absolute Gasteiger partial charge is 0.444 e. The predicted molar refractivity (Wildman–Crippen MR) is 85.2 cm³/mol. The molecule has 1 fully saturated rings. The smallest absolute Gasteiger partial charge is 0.416 e. The molecule has 0 unspecified atom stereocenters. The van der Waals surface area contributed by atoms with E-state index in [1.165, 1.54) is 21.9 Å². The summed E-state index contributed by atoms with van der Waals surface area (Å²) in [4.78, 5) is 27.3. The molecule has 0 saturated carbocycles. The Morgan fingerprint density at radius 2 is 1.56 bits per heavy atom. The Balaban J connectivity index is 1.99. The molecule has 2 amide bonds. The van der Waals surface area contributed by atoms with E-state index in [0.717, 1.165) is 12.1 Å². The fourth-order valence-corrected chi connectivity index (χ4v) is 2.43. The normalized spacial score (nSPS) is 15.9. The Labute approximate surface area is 144 Å². The molecule has 0 N–H and O–H groups in total. The minimum absolute atomic E-state index is 0.0134. The van der Waals surface area contributed by atoms with Crippen LogP contribution >= 0.6 is 0 Å². The number of hydrogen-bond acceptors (Lipinski definition) is 3. The van der Waals surface area contributed by atoms with Crippen LogP contribution in [0.25, 0.3) is 0 Å². The van der Waals surface area contributed by atoms with Gasteiger partial charge in [0.15, 0.2) is 0 Å². The second-order valence-electron chi connectivity index (χ2n) is 6.84. The van der Waals surface area contributed by atoms with Gasteiger partial charge < -0.3 is 14.5 Å². The summed E-state index contributed by atoms with van der Waals surface area (Å²) in [6, 6.07) is 4.35. The van der Waals surface area contributed by atoms with Crippen LogP contribution in [0.15, 0.2) is 24.3 Å². The number of amides is 2. The van der Waals surface area contributed by atoms with Gasteiger partial charge in [-0.2, -0.15) is 13.2 Å². The van der Waals surface area contributed by atoms with Crippen molar-refractivity contribution in [3.05, 3.63) is 35.4 Å². The Hall–Kier alpha value is -2.25. The van der Waals surface area contributed by atoms with Crippen molar-refractivity contribution in [2.24, 2.45) is 0 Å². The van der Waals surface area contributed by atoms with E-state index in [4.69, 9.17) is 4.74 Å². The van der Waals surface area contributed by atoms with Gasteiger partial charge in [-0.05, 0) is 39.0 Å². The van der Waals surface area contributed by atoms with Crippen molar-refractivity contribution >= 4 is 12.0 Å². The Morgan fingerprint density at radius 1 is 1.00 bits per heavy atom. The van der Waals surface area contributed by atoms with Crippen molar-refractivity contribution in [2.45, 2.75) is 32.5 Å². The van der Waals surface area contributed by atoms with Crippen LogP contribution < -0.4 is 0 Å². The van der Waals surface area contributed by atoms with E-state index in [-0.39, 0.29) is 31.7 Å². The number of carbonyl (C=O) groups excluding carboxylic acids is 2. The highest BCUT2D eigenvalue weighted by Crippen LogP contribution is 2.29. The Kier molecular flexibility index (Phi) is 5.29. The number of alkyl halides is 3. The molecule has 25 heavy (non-hydrogen) atoms. The van der Waals surface area contributed by atoms with E-state index >= 15 is 0 Å². The summed E-state index contributed by atoms with van der Waals surface area (Å²) in [7, 11) is 0. The van der Waals surface area contributed by atoms with E-state index in [0.29, 0.717) is 0 Å². The zero-order valence-electron chi connectivity index (χ0n) is 14.4. The topological polar surface area (TPSA) is 49.9 Å². The maximum Gasteiger partial charge on any atom is 0.416 e. The molecular weight excluding hydrogens is 337 g/mol. The molecule has 1 aromatic carbocycles. The number of nitrogens with zero attached hydrogens (tertiary/aromatic N) is 2. The molecule has 0 spiro atoms. The number of hydrogen-bond donors (Lipinski definition) is 0. The third-order valence-electron chi connectivity index (χ3n) is 3.66. The van der Waals surface area contributed by atoms with Gasteiger partial charge in [0.25, 0.3) is 5.91 Å². The Bertz CT molecular complexity index is 645. The van der Waals surface area contributed by atoms with E-state index in [9.17, 15) is 22.8 Å². The number of piperazine rings is 1. The molecule has 0 atom stereocenters. The van der Waals surface area contributed by atoms with Gasteiger partial charge in [-0.3, -0.25) is 4.79 Å². The van der Waals surface area contributed by atoms with Crippen LogP contribution in [-0.2, 0) is 10.9 Å². The fourth-order valence-electron chi connectivity index (χ4n) is 2.43. The van der Waals surface area contributed by atoms with Crippen molar-refractivity contribution in [3.8, 4) is 0 Å². The molecule has 8 heteroatoms. The van der Waals surface area contributed by atoms with Gasteiger partial charge in [-0.15, -0.1) is 0 Å². The molecule has 5 nitrogen and oxygen atoms in total. The van der Waals surface area contributed by atoms with Crippen molar-refractivity contribution in [3.63, 3.8) is 0 Å². The highest BCUT2D eigenvalue weighted by atomic mass is 19.4. The molecule has 138 valence electrons. The van der Waals surface area contributed by atoms with Crippen LogP contribution in [0.1, 0.15) is 36.7 Å². The van der Waals surface area contributed by atoms with Gasteiger partial charge in [0.2, 0.25) is 0 Å². The average molecular weight is 358 g/mol. The SMILES string of the molecule is CC(C)(C)OC(=O)N1CCN(C(=O)c2cccc(C(F)(F)F)c2)CC1. The summed E-state index contributed by atoms with van der Waals surface area (Å²) < 4.78 is 43.6. The zero-order chi connectivity index (χ0) is 18.8. The first-order chi connectivity index (χ1) is 11.5. The predicted octanol–water partition coefficient (Wildman–Crippen LogP) is 3.40. The maximum atomic E-state index is 12.8. The van der Waals surface area contributed by atoms with Crippen LogP contribution in [0.5, 0.6) is 0 Å². The molecule has 0 bridgehead atoms. The van der Waals surface area contributed by atoms with Gasteiger partial charge in [-0.25, -0.2) is 4.79 Å². The first kappa shape index (κ1) is 19.1. The van der Waals surface area contributed by atoms with Crippen LogP contribution in [0.2, 0.25) is 0 Å². The summed E-state index contributed by atoms with van der Waals surface area (Å²) in [6.07, 6.45) is -4.95. The summed E-state index contributed by atoms with van der Waals surface area (Å²) >= 11 is 0. The van der Waals surface area contributed by atoms with Crippen LogP contribution in [0.3, 0.4) is 0 Å². The van der Waals surface area contributed by atoms with E-state index in [2.05, 4.69) is 0 Å². The standard InChI is InChI=1S/C17H21F3N2O3/c1-16(2,3)25-15(24)22-9-7-21(8-10-22)14(23)12-5-4-6-13(11-12)17(18,19)20/h4-6,11H,7-10H2,1-3H3. The molecule has 1 aliphatic rings. The molecule has 0 radical (unpaired) electrons. The monoisotopic (exact) mass is 358 g/mol. The molecule has 0 aliphatic carbocycles.